The van der Waals surface area contributed by atoms with Crippen molar-refractivity contribution in [3.05, 3.63) is 177 Å². The van der Waals surface area contributed by atoms with Crippen molar-refractivity contribution in [1.29, 1.82) is 0 Å². The Morgan fingerprint density at radius 1 is 0.410 bits per heavy atom. The molecule has 0 unspecified atom stereocenters. The fourth-order valence-corrected chi connectivity index (χ4v) is 6.63. The smallest absolute Gasteiger partial charge is 0.200 e. The van der Waals surface area contributed by atoms with Gasteiger partial charge in [0.25, 0.3) is 0 Å². The molecule has 0 fully saturated rings. The van der Waals surface area contributed by atoms with Gasteiger partial charge in [-0.15, -0.1) is 21.9 Å². The zero-order valence-electron chi connectivity index (χ0n) is 29.8. The molecular weight excluding hydrogens is 875 g/mol. The van der Waals surface area contributed by atoms with Crippen molar-refractivity contribution in [3.8, 4) is 0 Å². The van der Waals surface area contributed by atoms with Crippen LogP contribution in [0.15, 0.2) is 48.9 Å². The predicted molar refractivity (Wildman–Crippen MR) is 173 cm³/mol. The molecule has 6 rings (SSSR count). The molecule has 1 aromatic heterocycles. The van der Waals surface area contributed by atoms with Crippen LogP contribution in [0.25, 0.3) is 0 Å². The molecule has 0 radical (unpaired) electrons. The summed E-state index contributed by atoms with van der Waals surface area (Å²) in [5.41, 5.74) is -11.8. The molecule has 0 bridgehead atoms. The van der Waals surface area contributed by atoms with Crippen LogP contribution >= 0.6 is 0 Å². The molecule has 0 atom stereocenters. The van der Waals surface area contributed by atoms with Crippen molar-refractivity contribution >= 4 is 28.0 Å². The van der Waals surface area contributed by atoms with Crippen LogP contribution in [0.2, 0.25) is 0 Å². The van der Waals surface area contributed by atoms with Crippen molar-refractivity contribution in [2.45, 2.75) is 26.3 Å². The monoisotopic (exact) mass is 892 g/mol. The van der Waals surface area contributed by atoms with E-state index in [9.17, 15) is 52.7 Å². The van der Waals surface area contributed by atoms with E-state index >= 15 is 35.1 Å². The lowest BCUT2D eigenvalue weighted by atomic mass is 9.12. The fourth-order valence-electron chi connectivity index (χ4n) is 6.63. The molecule has 0 spiro atoms. The summed E-state index contributed by atoms with van der Waals surface area (Å²) < 4.78 is 296. The van der Waals surface area contributed by atoms with Crippen LogP contribution in [-0.2, 0) is 13.0 Å². The van der Waals surface area contributed by atoms with Gasteiger partial charge in [-0.05, 0) is 6.42 Å². The van der Waals surface area contributed by atoms with Crippen LogP contribution in [-0.4, -0.2) is 11.1 Å². The van der Waals surface area contributed by atoms with Crippen LogP contribution in [0, 0.1) is 116 Å². The lowest BCUT2D eigenvalue weighted by molar-refractivity contribution is -0.689. The van der Waals surface area contributed by atoms with Gasteiger partial charge in [-0.25, -0.2) is 92.8 Å². The Bertz CT molecular complexity index is 2310. The standard InChI is InChI=1S/C24BF20.C14H17N2/c26-5-1(6(27)14(35)21(42)13(5)34)25(2-7(28)15(36)22(43)16(37)8(2)29,3-9(30)17(38)23(44)18(39)10(3)31)4-11(32)19(40)24(45)20(41)12(4)33;1-2-6-14-12-16(10-9-15-14)11-13-7-4-3-5-8-13/h;3-5,7-10,12H,2,6,11H2,1H3/q-1;+1. The third-order valence-electron chi connectivity index (χ3n) is 9.23. The van der Waals surface area contributed by atoms with Crippen molar-refractivity contribution in [2.75, 3.05) is 0 Å². The molecule has 2 nitrogen and oxygen atoms in total. The molecule has 0 saturated heterocycles. The largest absolute Gasteiger partial charge is 0.249 e. The lowest BCUT2D eigenvalue weighted by Crippen LogP contribution is -2.81. The Labute approximate surface area is 328 Å². The summed E-state index contributed by atoms with van der Waals surface area (Å²) >= 11 is 0. The number of aromatic nitrogens is 2. The summed E-state index contributed by atoms with van der Waals surface area (Å²) in [4.78, 5) is 4.35. The van der Waals surface area contributed by atoms with Crippen LogP contribution in [0.4, 0.5) is 87.8 Å². The Morgan fingerprint density at radius 2 is 0.689 bits per heavy atom. The first-order valence-electron chi connectivity index (χ1n) is 16.7. The first kappa shape index (κ1) is 45.9. The molecule has 0 saturated carbocycles. The van der Waals surface area contributed by atoms with Gasteiger partial charge in [0.2, 0.25) is 0 Å². The van der Waals surface area contributed by atoms with Crippen LogP contribution < -0.4 is 26.4 Å². The van der Waals surface area contributed by atoms with Crippen molar-refractivity contribution < 1.29 is 92.4 Å². The highest BCUT2D eigenvalue weighted by Crippen LogP contribution is 2.30. The van der Waals surface area contributed by atoms with E-state index < -0.39 is 144 Å². The number of nitrogens with zero attached hydrogens (tertiary/aromatic N) is 2. The third-order valence-corrected chi connectivity index (χ3v) is 9.23. The van der Waals surface area contributed by atoms with E-state index in [4.69, 9.17) is 0 Å². The summed E-state index contributed by atoms with van der Waals surface area (Å²) in [7, 11) is 0. The second kappa shape index (κ2) is 17.4. The molecule has 5 aromatic carbocycles. The molecule has 61 heavy (non-hydrogen) atoms. The summed E-state index contributed by atoms with van der Waals surface area (Å²) in [5, 5.41) is 0. The molecule has 23 heteroatoms. The normalized spacial score (nSPS) is 11.6. The molecule has 1 heterocycles. The summed E-state index contributed by atoms with van der Waals surface area (Å²) in [6.07, 6.45) is 1.01. The van der Waals surface area contributed by atoms with Crippen molar-refractivity contribution in [1.82, 2.24) is 4.98 Å². The number of benzene rings is 5. The van der Waals surface area contributed by atoms with Crippen molar-refractivity contribution in [3.63, 3.8) is 0 Å². The molecule has 322 valence electrons. The highest BCUT2D eigenvalue weighted by Gasteiger charge is 2.52. The van der Waals surface area contributed by atoms with Gasteiger partial charge < -0.3 is 0 Å². The summed E-state index contributed by atoms with van der Waals surface area (Å²) in [5.74, 6) is -71.4. The Kier molecular flexibility index (Phi) is 13.1. The van der Waals surface area contributed by atoms with Crippen LogP contribution in [0.3, 0.4) is 0 Å². The van der Waals surface area contributed by atoms with Gasteiger partial charge in [-0.2, -0.15) is 4.57 Å². The molecule has 0 aliphatic carbocycles. The Morgan fingerprint density at radius 3 is 0.967 bits per heavy atom. The average molecular weight is 892 g/mol. The van der Waals surface area contributed by atoms with Gasteiger partial charge in [-0.1, -0.05) is 43.7 Å². The molecule has 0 aliphatic heterocycles. The van der Waals surface area contributed by atoms with Gasteiger partial charge in [-0.3, -0.25) is 0 Å². The summed E-state index contributed by atoms with van der Waals surface area (Å²) in [6, 6.07) is 10.5. The quantitative estimate of drug-likeness (QED) is 0.0496. The fraction of sp³-hybridized carbons (Fsp3) is 0.105. The van der Waals surface area contributed by atoms with Crippen molar-refractivity contribution in [2.24, 2.45) is 0 Å². The van der Waals surface area contributed by atoms with E-state index in [1.807, 2.05) is 18.5 Å². The average Bonchev–Trinajstić information content (AvgIpc) is 3.24. The van der Waals surface area contributed by atoms with Crippen LogP contribution in [0.5, 0.6) is 0 Å². The molecule has 0 N–H and O–H groups in total. The van der Waals surface area contributed by atoms with Gasteiger partial charge in [0, 0.05) is 5.56 Å². The maximum absolute atomic E-state index is 15.4. The maximum atomic E-state index is 15.4. The minimum Gasteiger partial charge on any atom is -0.249 e. The van der Waals surface area contributed by atoms with E-state index in [0.717, 1.165) is 19.4 Å². The summed E-state index contributed by atoms with van der Waals surface area (Å²) in [6.45, 7) is 3.09. The minimum absolute atomic E-state index is 0.917. The molecular formula is C38H17BF20N2. The van der Waals surface area contributed by atoms with Gasteiger partial charge >= 0.3 is 0 Å². The molecule has 0 aliphatic rings. The van der Waals surface area contributed by atoms with E-state index in [2.05, 4.69) is 46.9 Å². The van der Waals surface area contributed by atoms with E-state index in [1.165, 1.54) is 11.3 Å². The highest BCUT2D eigenvalue weighted by atomic mass is 19.2. The van der Waals surface area contributed by atoms with Gasteiger partial charge in [0.15, 0.2) is 88.7 Å². The van der Waals surface area contributed by atoms with Gasteiger partial charge in [0.1, 0.15) is 58.4 Å². The second-order valence-corrected chi connectivity index (χ2v) is 12.8. The zero-order chi connectivity index (χ0) is 45.6. The maximum Gasteiger partial charge on any atom is 0.200 e. The van der Waals surface area contributed by atoms with E-state index in [1.54, 1.807) is 0 Å². The zero-order valence-corrected chi connectivity index (χ0v) is 29.8. The lowest BCUT2D eigenvalue weighted by Gasteiger charge is -2.44. The number of aryl methyl sites for hydroxylation is 1. The topological polar surface area (TPSA) is 16.8 Å². The predicted octanol–water partition coefficient (Wildman–Crippen LogP) is 8.22. The first-order chi connectivity index (χ1) is 28.6. The second-order valence-electron chi connectivity index (χ2n) is 12.8. The van der Waals surface area contributed by atoms with E-state index in [-0.39, 0.29) is 0 Å². The SMILES string of the molecule is CCCc1c[n+](Cc2ccccc2)ccn1.Fc1c(F)c(F)c([B-](c2c(F)c(F)c(F)c(F)c2F)(c2c(F)c(F)c(F)c(F)c2F)c2c(F)c(F)c(F)c(F)c2F)c(F)c1F. The number of halogens is 20. The Hall–Kier alpha value is -6.16. The first-order valence-corrected chi connectivity index (χ1v) is 16.7. The number of hydrogen-bond acceptors (Lipinski definition) is 1. The van der Waals surface area contributed by atoms with Crippen LogP contribution in [0.1, 0.15) is 24.6 Å². The molecule has 6 aromatic rings. The highest BCUT2D eigenvalue weighted by molar-refractivity contribution is 7.20. The molecule has 0 amide bonds. The minimum atomic E-state index is -7.22. The Balaban J connectivity index is 0.000000366. The number of hydrogen-bond donors (Lipinski definition) is 0. The van der Waals surface area contributed by atoms with E-state index in [0.29, 0.717) is 0 Å². The van der Waals surface area contributed by atoms with Gasteiger partial charge in [0.05, 0.1) is 6.20 Å². The third kappa shape index (κ3) is 7.51. The number of rotatable bonds is 8.